The summed E-state index contributed by atoms with van der Waals surface area (Å²) in [6, 6.07) is 18.5. The second-order valence-corrected chi connectivity index (χ2v) is 7.55. The highest BCUT2D eigenvalue weighted by Gasteiger charge is 2.21. The Hall–Kier alpha value is -3.58. The van der Waals surface area contributed by atoms with E-state index in [0.29, 0.717) is 39.3 Å². The first-order valence-corrected chi connectivity index (χ1v) is 10.6. The fourth-order valence-corrected chi connectivity index (χ4v) is 3.62. The number of hydrogen-bond donors (Lipinski definition) is 0. The number of rotatable bonds is 7. The second-order valence-electron chi connectivity index (χ2n) is 7.55. The van der Waals surface area contributed by atoms with Crippen LogP contribution in [0.1, 0.15) is 21.7 Å². The lowest BCUT2D eigenvalue weighted by atomic mass is 10.1. The molecule has 0 spiro atoms. The topological polar surface area (TPSA) is 72.2 Å². The SMILES string of the molecule is COc1ccc(CN(C(=O)c2ccco2)c2ccc(CC(=O)N3CCOCC3)cc2)cc1. The van der Waals surface area contributed by atoms with Crippen molar-refractivity contribution in [1.29, 1.82) is 0 Å². The molecule has 0 aliphatic carbocycles. The van der Waals surface area contributed by atoms with Gasteiger partial charge in [-0.15, -0.1) is 0 Å². The van der Waals surface area contributed by atoms with Gasteiger partial charge in [0.15, 0.2) is 5.76 Å². The number of carbonyl (C=O) groups excluding carboxylic acids is 2. The molecule has 7 heteroatoms. The van der Waals surface area contributed by atoms with E-state index in [1.807, 2.05) is 53.4 Å². The van der Waals surface area contributed by atoms with Gasteiger partial charge in [0.1, 0.15) is 5.75 Å². The molecule has 0 bridgehead atoms. The molecule has 7 nitrogen and oxygen atoms in total. The van der Waals surface area contributed by atoms with E-state index in [9.17, 15) is 9.59 Å². The van der Waals surface area contributed by atoms with Crippen LogP contribution < -0.4 is 9.64 Å². The highest BCUT2D eigenvalue weighted by Crippen LogP contribution is 2.23. The molecule has 1 aliphatic heterocycles. The van der Waals surface area contributed by atoms with Crippen molar-refractivity contribution in [3.8, 4) is 5.75 Å². The number of ether oxygens (including phenoxy) is 2. The third-order valence-electron chi connectivity index (χ3n) is 5.44. The van der Waals surface area contributed by atoms with Crippen LogP contribution in [0.15, 0.2) is 71.3 Å². The Morgan fingerprint density at radius 1 is 0.969 bits per heavy atom. The minimum absolute atomic E-state index is 0.0859. The van der Waals surface area contributed by atoms with Crippen molar-refractivity contribution in [3.05, 3.63) is 83.8 Å². The van der Waals surface area contributed by atoms with Gasteiger partial charge in [0.05, 0.1) is 39.6 Å². The van der Waals surface area contributed by atoms with Gasteiger partial charge in [-0.3, -0.25) is 9.59 Å². The van der Waals surface area contributed by atoms with Crippen LogP contribution in [-0.2, 0) is 22.5 Å². The number of nitrogens with zero attached hydrogens (tertiary/aromatic N) is 2. The van der Waals surface area contributed by atoms with Gasteiger partial charge < -0.3 is 23.7 Å². The summed E-state index contributed by atoms with van der Waals surface area (Å²) in [7, 11) is 1.62. The zero-order valence-electron chi connectivity index (χ0n) is 18.0. The fourth-order valence-electron chi connectivity index (χ4n) is 3.62. The number of benzene rings is 2. The van der Waals surface area contributed by atoms with Gasteiger partial charge in [0.2, 0.25) is 5.91 Å². The Morgan fingerprint density at radius 3 is 2.28 bits per heavy atom. The predicted molar refractivity (Wildman–Crippen MR) is 120 cm³/mol. The molecule has 4 rings (SSSR count). The average Bonchev–Trinajstić information content (AvgIpc) is 3.39. The van der Waals surface area contributed by atoms with Gasteiger partial charge in [0.25, 0.3) is 5.91 Å². The summed E-state index contributed by atoms with van der Waals surface area (Å²) in [5.74, 6) is 0.878. The molecular weight excluding hydrogens is 408 g/mol. The Labute approximate surface area is 187 Å². The van der Waals surface area contributed by atoms with Gasteiger partial charge in [-0.05, 0) is 47.5 Å². The maximum atomic E-state index is 13.1. The summed E-state index contributed by atoms with van der Waals surface area (Å²) in [5, 5.41) is 0. The van der Waals surface area contributed by atoms with Crippen molar-refractivity contribution in [1.82, 2.24) is 4.90 Å². The summed E-state index contributed by atoms with van der Waals surface area (Å²) in [5.41, 5.74) is 2.59. The second kappa shape index (κ2) is 10.2. The smallest absolute Gasteiger partial charge is 0.294 e. The highest BCUT2D eigenvalue weighted by molar-refractivity contribution is 6.04. The van der Waals surface area contributed by atoms with Gasteiger partial charge in [-0.1, -0.05) is 24.3 Å². The molecule has 1 saturated heterocycles. The summed E-state index contributed by atoms with van der Waals surface area (Å²) < 4.78 is 15.9. The van der Waals surface area contributed by atoms with Crippen molar-refractivity contribution in [2.45, 2.75) is 13.0 Å². The molecule has 1 aromatic heterocycles. The van der Waals surface area contributed by atoms with Crippen LogP contribution in [0.25, 0.3) is 0 Å². The standard InChI is InChI=1S/C25H26N2O5/c1-30-22-10-6-20(7-11-22)18-27(25(29)23-3-2-14-32-23)21-8-4-19(5-9-21)17-24(28)26-12-15-31-16-13-26/h2-11,14H,12-13,15-18H2,1H3. The highest BCUT2D eigenvalue weighted by atomic mass is 16.5. The lowest BCUT2D eigenvalue weighted by molar-refractivity contribution is -0.134. The largest absolute Gasteiger partial charge is 0.497 e. The number of furan rings is 1. The van der Waals surface area contributed by atoms with Crippen molar-refractivity contribution in [3.63, 3.8) is 0 Å². The minimum Gasteiger partial charge on any atom is -0.497 e. The fraction of sp³-hybridized carbons (Fsp3) is 0.280. The molecule has 1 aliphatic rings. The number of amides is 2. The normalized spacial score (nSPS) is 13.6. The van der Waals surface area contributed by atoms with E-state index >= 15 is 0 Å². The van der Waals surface area contributed by atoms with E-state index in [2.05, 4.69) is 0 Å². The van der Waals surface area contributed by atoms with E-state index in [1.54, 1.807) is 24.1 Å². The number of methoxy groups -OCH3 is 1. The first-order valence-electron chi connectivity index (χ1n) is 10.6. The van der Waals surface area contributed by atoms with E-state index in [0.717, 1.165) is 22.6 Å². The predicted octanol–water partition coefficient (Wildman–Crippen LogP) is 3.54. The van der Waals surface area contributed by atoms with E-state index in [4.69, 9.17) is 13.9 Å². The molecule has 2 amide bonds. The first-order chi connectivity index (χ1) is 15.6. The van der Waals surface area contributed by atoms with E-state index < -0.39 is 0 Å². The maximum Gasteiger partial charge on any atom is 0.294 e. The molecule has 32 heavy (non-hydrogen) atoms. The first kappa shape index (κ1) is 21.6. The minimum atomic E-state index is -0.233. The van der Waals surface area contributed by atoms with Gasteiger partial charge in [-0.2, -0.15) is 0 Å². The Morgan fingerprint density at radius 2 is 1.66 bits per heavy atom. The molecule has 0 radical (unpaired) electrons. The molecule has 3 aromatic rings. The van der Waals surface area contributed by atoms with Crippen molar-refractivity contribution in [2.75, 3.05) is 38.3 Å². The number of hydrogen-bond acceptors (Lipinski definition) is 5. The van der Waals surface area contributed by atoms with Crippen LogP contribution in [0.5, 0.6) is 5.75 Å². The molecule has 0 atom stereocenters. The number of morpholine rings is 1. The lowest BCUT2D eigenvalue weighted by Gasteiger charge is -2.27. The zero-order valence-corrected chi connectivity index (χ0v) is 18.0. The molecular formula is C25H26N2O5. The Kier molecular flexibility index (Phi) is 6.87. The van der Waals surface area contributed by atoms with Crippen molar-refractivity contribution < 1.29 is 23.5 Å². The third kappa shape index (κ3) is 5.18. The van der Waals surface area contributed by atoms with E-state index in [1.165, 1.54) is 6.26 Å². The van der Waals surface area contributed by atoms with Crippen LogP contribution in [0.4, 0.5) is 5.69 Å². The molecule has 1 fully saturated rings. The summed E-state index contributed by atoms with van der Waals surface area (Å²) >= 11 is 0. The molecule has 2 aromatic carbocycles. The van der Waals surface area contributed by atoms with Gasteiger partial charge >= 0.3 is 0 Å². The zero-order chi connectivity index (χ0) is 22.3. The summed E-state index contributed by atoms with van der Waals surface area (Å²) in [6.07, 6.45) is 1.81. The van der Waals surface area contributed by atoms with Crippen LogP contribution in [0.2, 0.25) is 0 Å². The van der Waals surface area contributed by atoms with Gasteiger partial charge in [0, 0.05) is 18.8 Å². The van der Waals surface area contributed by atoms with Crippen LogP contribution in [0.3, 0.4) is 0 Å². The van der Waals surface area contributed by atoms with Crippen LogP contribution in [-0.4, -0.2) is 50.1 Å². The Balaban J connectivity index is 1.52. The van der Waals surface area contributed by atoms with Crippen molar-refractivity contribution in [2.24, 2.45) is 0 Å². The summed E-state index contributed by atoms with van der Waals surface area (Å²) in [4.78, 5) is 29.2. The quantitative estimate of drug-likeness (QED) is 0.569. The number of carbonyl (C=O) groups is 2. The van der Waals surface area contributed by atoms with Gasteiger partial charge in [-0.25, -0.2) is 0 Å². The molecule has 0 saturated carbocycles. The average molecular weight is 434 g/mol. The maximum absolute atomic E-state index is 13.1. The molecule has 0 N–H and O–H groups in total. The lowest BCUT2D eigenvalue weighted by Crippen LogP contribution is -2.41. The summed E-state index contributed by atoms with van der Waals surface area (Å²) in [6.45, 7) is 2.80. The monoisotopic (exact) mass is 434 g/mol. The molecule has 166 valence electrons. The number of anilines is 1. The van der Waals surface area contributed by atoms with Crippen LogP contribution >= 0.6 is 0 Å². The van der Waals surface area contributed by atoms with E-state index in [-0.39, 0.29) is 17.6 Å². The van der Waals surface area contributed by atoms with Crippen molar-refractivity contribution >= 4 is 17.5 Å². The molecule has 0 unspecified atom stereocenters. The van der Waals surface area contributed by atoms with Crippen LogP contribution in [0, 0.1) is 0 Å². The third-order valence-corrected chi connectivity index (χ3v) is 5.44. The molecule has 2 heterocycles. The Bertz CT molecular complexity index is 1020.